The normalized spacial score (nSPS) is 12.7. The highest BCUT2D eigenvalue weighted by molar-refractivity contribution is 7.89. The van der Waals surface area contributed by atoms with Crippen molar-refractivity contribution in [3.05, 3.63) is 93.8 Å². The zero-order chi connectivity index (χ0) is 21.2. The van der Waals surface area contributed by atoms with Crippen molar-refractivity contribution in [1.82, 2.24) is 4.57 Å². The number of nitrogens with two attached hydrogens (primary N) is 1. The molecule has 0 radical (unpaired) electrons. The Morgan fingerprint density at radius 3 is 2.31 bits per heavy atom. The van der Waals surface area contributed by atoms with Gasteiger partial charge in [-0.3, -0.25) is 4.79 Å². The monoisotopic (exact) mass is 430 g/mol. The second kappa shape index (κ2) is 8.53. The number of ketones is 1. The van der Waals surface area contributed by atoms with E-state index < -0.39 is 15.3 Å². The molecule has 2 aromatic carbocycles. The lowest BCUT2D eigenvalue weighted by Gasteiger charge is -2.16. The van der Waals surface area contributed by atoms with E-state index in [9.17, 15) is 13.2 Å². The van der Waals surface area contributed by atoms with Crippen LogP contribution >= 0.6 is 11.6 Å². The summed E-state index contributed by atoms with van der Waals surface area (Å²) in [5.74, 6) is -0.0982. The Labute approximate surface area is 176 Å². The van der Waals surface area contributed by atoms with Gasteiger partial charge < -0.3 is 4.57 Å². The summed E-state index contributed by atoms with van der Waals surface area (Å²) in [6.07, 6.45) is 0.802. The van der Waals surface area contributed by atoms with Crippen LogP contribution in [-0.2, 0) is 23.5 Å². The Kier molecular flexibility index (Phi) is 6.27. The van der Waals surface area contributed by atoms with Gasteiger partial charge in [-0.1, -0.05) is 41.9 Å². The number of carbonyl (C=O) groups is 1. The molecule has 152 valence electrons. The second-order valence-electron chi connectivity index (χ2n) is 7.09. The number of aryl methyl sites for hydroxylation is 2. The van der Waals surface area contributed by atoms with Crippen molar-refractivity contribution in [3.8, 4) is 0 Å². The van der Waals surface area contributed by atoms with Gasteiger partial charge in [0.25, 0.3) is 0 Å². The topological polar surface area (TPSA) is 82.2 Å². The second-order valence-corrected chi connectivity index (χ2v) is 9.27. The number of rotatable bonds is 7. The molecule has 0 aliphatic rings. The Hall–Kier alpha value is -2.41. The molecule has 0 spiro atoms. The first-order valence-electron chi connectivity index (χ1n) is 9.20. The quantitative estimate of drug-likeness (QED) is 0.571. The van der Waals surface area contributed by atoms with Crippen molar-refractivity contribution in [3.63, 3.8) is 0 Å². The molecule has 3 rings (SSSR count). The molecular formula is C22H23ClN2O3S. The van der Waals surface area contributed by atoms with Crippen molar-refractivity contribution in [2.45, 2.75) is 25.0 Å². The molecule has 3 aromatic rings. The van der Waals surface area contributed by atoms with Crippen LogP contribution in [0.4, 0.5) is 0 Å². The van der Waals surface area contributed by atoms with E-state index in [0.29, 0.717) is 34.7 Å². The van der Waals surface area contributed by atoms with Crippen molar-refractivity contribution in [2.75, 3.05) is 0 Å². The minimum atomic E-state index is -3.76. The van der Waals surface area contributed by atoms with E-state index in [0.717, 1.165) is 11.3 Å². The number of hydrogen-bond acceptors (Lipinski definition) is 3. The fourth-order valence-corrected chi connectivity index (χ4v) is 4.71. The number of aromatic nitrogens is 1. The first-order valence-corrected chi connectivity index (χ1v) is 11.2. The molecule has 0 saturated heterocycles. The molecule has 2 N–H and O–H groups in total. The van der Waals surface area contributed by atoms with Crippen molar-refractivity contribution in [2.24, 2.45) is 12.2 Å². The first kappa shape index (κ1) is 21.3. The van der Waals surface area contributed by atoms with Crippen molar-refractivity contribution in [1.29, 1.82) is 0 Å². The van der Waals surface area contributed by atoms with Crippen LogP contribution in [0.25, 0.3) is 0 Å². The number of hydrogen-bond donors (Lipinski definition) is 1. The predicted molar refractivity (Wildman–Crippen MR) is 116 cm³/mol. The molecule has 1 unspecified atom stereocenters. The first-order chi connectivity index (χ1) is 13.7. The summed E-state index contributed by atoms with van der Waals surface area (Å²) in [7, 11) is -1.94. The molecule has 0 aliphatic carbocycles. The summed E-state index contributed by atoms with van der Waals surface area (Å²) in [6.45, 7) is 1.88. The highest BCUT2D eigenvalue weighted by Crippen LogP contribution is 2.27. The zero-order valence-electron chi connectivity index (χ0n) is 16.3. The number of nitrogens with zero attached hydrogens (tertiary/aromatic N) is 1. The van der Waals surface area contributed by atoms with E-state index in [1.807, 2.05) is 30.7 Å². The van der Waals surface area contributed by atoms with E-state index >= 15 is 0 Å². The molecule has 7 heteroatoms. The summed E-state index contributed by atoms with van der Waals surface area (Å²) in [4.78, 5) is 13.0. The lowest BCUT2D eigenvalue weighted by molar-refractivity contribution is 0.103. The molecule has 0 bridgehead atoms. The van der Waals surface area contributed by atoms with Crippen LogP contribution in [0.3, 0.4) is 0 Å². The summed E-state index contributed by atoms with van der Waals surface area (Å²) in [6, 6.07) is 17.6. The van der Waals surface area contributed by atoms with Gasteiger partial charge in [0.05, 0.1) is 5.69 Å². The van der Waals surface area contributed by atoms with E-state index in [-0.39, 0.29) is 5.78 Å². The molecule has 0 aliphatic heterocycles. The van der Waals surface area contributed by atoms with Gasteiger partial charge in [-0.2, -0.15) is 0 Å². The lowest BCUT2D eigenvalue weighted by atomic mass is 10.1. The number of benzene rings is 2. The maximum absolute atomic E-state index is 13.0. The Bertz CT molecular complexity index is 1120. The number of carbonyl (C=O) groups excluding carboxylic acids is 1. The van der Waals surface area contributed by atoms with Gasteiger partial charge in [-0.15, -0.1) is 0 Å². The SMILES string of the molecule is Cc1cc(CCC(c2ccccc2)S(N)(=O)=O)n(C)c1C(=O)c1ccc(Cl)cc1. The van der Waals surface area contributed by atoms with E-state index in [2.05, 4.69) is 0 Å². The van der Waals surface area contributed by atoms with Gasteiger partial charge in [0, 0.05) is 23.3 Å². The Morgan fingerprint density at radius 1 is 1.10 bits per heavy atom. The Balaban J connectivity index is 1.86. The van der Waals surface area contributed by atoms with Crippen LogP contribution < -0.4 is 5.14 Å². The van der Waals surface area contributed by atoms with Crippen LogP contribution in [-0.4, -0.2) is 18.8 Å². The number of sulfonamides is 1. The van der Waals surface area contributed by atoms with Gasteiger partial charge in [-0.05, 0) is 61.2 Å². The van der Waals surface area contributed by atoms with Gasteiger partial charge in [0.15, 0.2) is 0 Å². The highest BCUT2D eigenvalue weighted by Gasteiger charge is 2.25. The maximum Gasteiger partial charge on any atom is 0.216 e. The third-order valence-electron chi connectivity index (χ3n) is 5.07. The van der Waals surface area contributed by atoms with Crippen LogP contribution in [0.2, 0.25) is 5.02 Å². The van der Waals surface area contributed by atoms with Gasteiger partial charge >= 0.3 is 0 Å². The van der Waals surface area contributed by atoms with Crippen LogP contribution in [0, 0.1) is 6.92 Å². The fraction of sp³-hybridized carbons (Fsp3) is 0.227. The third-order valence-corrected chi connectivity index (χ3v) is 6.63. The summed E-state index contributed by atoms with van der Waals surface area (Å²) < 4.78 is 26.1. The molecule has 1 aromatic heterocycles. The van der Waals surface area contributed by atoms with Gasteiger partial charge in [-0.25, -0.2) is 13.6 Å². The average Bonchev–Trinajstić information content (AvgIpc) is 2.95. The predicted octanol–water partition coefficient (Wildman–Crippen LogP) is 4.18. The molecule has 1 atom stereocenters. The van der Waals surface area contributed by atoms with Gasteiger partial charge in [0.1, 0.15) is 5.25 Å². The Morgan fingerprint density at radius 2 is 1.72 bits per heavy atom. The fourth-order valence-electron chi connectivity index (χ4n) is 3.60. The molecule has 0 amide bonds. The van der Waals surface area contributed by atoms with Crippen LogP contribution in [0.1, 0.15) is 44.5 Å². The minimum absolute atomic E-state index is 0.0982. The van der Waals surface area contributed by atoms with E-state index in [4.69, 9.17) is 16.7 Å². The molecular weight excluding hydrogens is 408 g/mol. The zero-order valence-corrected chi connectivity index (χ0v) is 17.9. The van der Waals surface area contributed by atoms with Crippen LogP contribution in [0.5, 0.6) is 0 Å². The lowest BCUT2D eigenvalue weighted by Crippen LogP contribution is -2.22. The summed E-state index contributed by atoms with van der Waals surface area (Å²) in [5, 5.41) is 5.26. The summed E-state index contributed by atoms with van der Waals surface area (Å²) >= 11 is 5.91. The minimum Gasteiger partial charge on any atom is -0.345 e. The largest absolute Gasteiger partial charge is 0.345 e. The smallest absolute Gasteiger partial charge is 0.216 e. The van der Waals surface area contributed by atoms with E-state index in [1.54, 1.807) is 48.5 Å². The third kappa shape index (κ3) is 4.78. The van der Waals surface area contributed by atoms with Gasteiger partial charge in [0.2, 0.25) is 15.8 Å². The maximum atomic E-state index is 13.0. The molecule has 0 saturated carbocycles. The van der Waals surface area contributed by atoms with Crippen LogP contribution in [0.15, 0.2) is 60.7 Å². The molecule has 1 heterocycles. The molecule has 0 fully saturated rings. The average molecular weight is 431 g/mol. The standard InChI is InChI=1S/C22H23ClN2O3S/c1-15-14-19(12-13-20(29(24,27)28)16-6-4-3-5-7-16)25(2)21(15)22(26)17-8-10-18(23)11-9-17/h3-11,14,20H,12-13H2,1-2H3,(H2,24,27,28). The highest BCUT2D eigenvalue weighted by atomic mass is 35.5. The van der Waals surface area contributed by atoms with E-state index in [1.165, 1.54) is 0 Å². The number of halogens is 1. The number of primary sulfonamides is 1. The van der Waals surface area contributed by atoms with Crippen molar-refractivity contribution < 1.29 is 13.2 Å². The molecule has 29 heavy (non-hydrogen) atoms. The summed E-state index contributed by atoms with van der Waals surface area (Å²) in [5.41, 5.74) is 3.52. The van der Waals surface area contributed by atoms with Crippen molar-refractivity contribution >= 4 is 27.4 Å². The molecule has 5 nitrogen and oxygen atoms in total.